The smallest absolute Gasteiger partial charge is 0.126 e. The van der Waals surface area contributed by atoms with Crippen LogP contribution in [0, 0.1) is 11.3 Å². The molecule has 1 aromatic rings. The van der Waals surface area contributed by atoms with Crippen molar-refractivity contribution < 1.29 is 0 Å². The maximum Gasteiger partial charge on any atom is 0.126 e. The molecule has 20 heavy (non-hydrogen) atoms. The maximum absolute atomic E-state index is 4.34. The molecule has 0 radical (unpaired) electrons. The first-order valence-electron chi connectivity index (χ1n) is 7.90. The van der Waals surface area contributed by atoms with Crippen LogP contribution in [0.2, 0.25) is 0 Å². The lowest BCUT2D eigenvalue weighted by Crippen LogP contribution is -2.37. The van der Waals surface area contributed by atoms with Crippen molar-refractivity contribution in [1.82, 2.24) is 9.88 Å². The van der Waals surface area contributed by atoms with E-state index < -0.39 is 0 Å². The summed E-state index contributed by atoms with van der Waals surface area (Å²) in [6.45, 7) is 13.6. The fourth-order valence-corrected chi connectivity index (χ4v) is 3.07. The van der Waals surface area contributed by atoms with Gasteiger partial charge in [-0.05, 0) is 61.9 Å². The van der Waals surface area contributed by atoms with E-state index in [1.165, 1.54) is 31.5 Å². The Bertz CT molecular complexity index is 414. The largest absolute Gasteiger partial charge is 0.370 e. The van der Waals surface area contributed by atoms with Gasteiger partial charge in [-0.1, -0.05) is 20.8 Å². The van der Waals surface area contributed by atoms with Gasteiger partial charge in [0.1, 0.15) is 5.82 Å². The van der Waals surface area contributed by atoms with Crippen LogP contribution in [0.3, 0.4) is 0 Å². The fourth-order valence-electron chi connectivity index (χ4n) is 3.07. The van der Waals surface area contributed by atoms with E-state index >= 15 is 0 Å². The van der Waals surface area contributed by atoms with Crippen molar-refractivity contribution in [3.63, 3.8) is 0 Å². The molecule has 0 spiro atoms. The van der Waals surface area contributed by atoms with Gasteiger partial charge in [-0.15, -0.1) is 0 Å². The van der Waals surface area contributed by atoms with E-state index in [1.54, 1.807) is 0 Å². The van der Waals surface area contributed by atoms with Crippen LogP contribution < -0.4 is 5.32 Å². The number of hydrogen-bond acceptors (Lipinski definition) is 3. The lowest BCUT2D eigenvalue weighted by Gasteiger charge is -2.38. The fraction of sp³-hybridized carbons (Fsp3) is 0.706. The van der Waals surface area contributed by atoms with Gasteiger partial charge in [0.25, 0.3) is 0 Å². The van der Waals surface area contributed by atoms with E-state index in [9.17, 15) is 0 Å². The number of anilines is 1. The van der Waals surface area contributed by atoms with Crippen LogP contribution in [0.15, 0.2) is 18.3 Å². The number of likely N-dealkylation sites (tertiary alicyclic amines) is 1. The molecule has 0 atom stereocenters. The Balaban J connectivity index is 1.88. The van der Waals surface area contributed by atoms with Gasteiger partial charge in [0.2, 0.25) is 0 Å². The van der Waals surface area contributed by atoms with Crippen molar-refractivity contribution in [2.24, 2.45) is 11.3 Å². The lowest BCUT2D eigenvalue weighted by atomic mass is 9.75. The van der Waals surface area contributed by atoms with Gasteiger partial charge in [-0.2, -0.15) is 0 Å². The van der Waals surface area contributed by atoms with Gasteiger partial charge in [-0.3, -0.25) is 4.90 Å². The molecule has 1 fully saturated rings. The first-order valence-corrected chi connectivity index (χ1v) is 7.90. The Kier molecular flexibility index (Phi) is 5.03. The third-order valence-corrected chi connectivity index (χ3v) is 4.40. The topological polar surface area (TPSA) is 28.2 Å². The second-order valence-electron chi connectivity index (χ2n) is 7.00. The molecule has 3 nitrogen and oxygen atoms in total. The molecule has 0 saturated carbocycles. The molecule has 1 aromatic heterocycles. The second-order valence-corrected chi connectivity index (χ2v) is 7.00. The number of piperidine rings is 1. The van der Waals surface area contributed by atoms with Crippen molar-refractivity contribution in [2.75, 3.05) is 25.0 Å². The highest BCUT2D eigenvalue weighted by Crippen LogP contribution is 2.34. The summed E-state index contributed by atoms with van der Waals surface area (Å²) in [5, 5.41) is 3.28. The summed E-state index contributed by atoms with van der Waals surface area (Å²) in [5.74, 6) is 1.86. The van der Waals surface area contributed by atoms with Gasteiger partial charge >= 0.3 is 0 Å². The van der Waals surface area contributed by atoms with Crippen molar-refractivity contribution in [1.29, 1.82) is 0 Å². The Hall–Kier alpha value is -1.09. The molecule has 0 unspecified atom stereocenters. The van der Waals surface area contributed by atoms with Crippen LogP contribution in [-0.4, -0.2) is 29.5 Å². The molecule has 0 aliphatic carbocycles. The van der Waals surface area contributed by atoms with Crippen LogP contribution in [0.4, 0.5) is 5.82 Å². The molecule has 1 aliphatic heterocycles. The number of nitrogens with zero attached hydrogens (tertiary/aromatic N) is 2. The average molecular weight is 275 g/mol. The number of aromatic nitrogens is 1. The zero-order valence-electron chi connectivity index (χ0n) is 13.4. The Morgan fingerprint density at radius 1 is 1.30 bits per heavy atom. The van der Waals surface area contributed by atoms with Crippen molar-refractivity contribution >= 4 is 5.82 Å². The van der Waals surface area contributed by atoms with E-state index in [0.717, 1.165) is 24.8 Å². The quantitative estimate of drug-likeness (QED) is 0.906. The van der Waals surface area contributed by atoms with Crippen LogP contribution in [0.5, 0.6) is 0 Å². The third kappa shape index (κ3) is 4.20. The van der Waals surface area contributed by atoms with Crippen molar-refractivity contribution in [3.05, 3.63) is 23.9 Å². The minimum Gasteiger partial charge on any atom is -0.370 e. The molecule has 2 heterocycles. The zero-order chi connectivity index (χ0) is 14.6. The Morgan fingerprint density at radius 3 is 2.60 bits per heavy atom. The van der Waals surface area contributed by atoms with Gasteiger partial charge in [0, 0.05) is 19.3 Å². The molecule has 2 rings (SSSR count). The highest BCUT2D eigenvalue weighted by molar-refractivity contribution is 5.37. The summed E-state index contributed by atoms with van der Waals surface area (Å²) >= 11 is 0. The van der Waals surface area contributed by atoms with Gasteiger partial charge in [0.05, 0.1) is 0 Å². The molecule has 0 aromatic carbocycles. The number of nitrogens with one attached hydrogen (secondary N) is 1. The molecule has 0 amide bonds. The van der Waals surface area contributed by atoms with Gasteiger partial charge < -0.3 is 5.32 Å². The molecule has 3 heteroatoms. The number of hydrogen-bond donors (Lipinski definition) is 1. The van der Waals surface area contributed by atoms with Crippen molar-refractivity contribution in [3.8, 4) is 0 Å². The van der Waals surface area contributed by atoms with E-state index in [-0.39, 0.29) is 0 Å². The monoisotopic (exact) mass is 275 g/mol. The van der Waals surface area contributed by atoms with Gasteiger partial charge in [0.15, 0.2) is 0 Å². The number of rotatable bonds is 4. The average Bonchev–Trinajstić information content (AvgIpc) is 2.39. The second kappa shape index (κ2) is 6.57. The summed E-state index contributed by atoms with van der Waals surface area (Å²) in [6, 6.07) is 4.32. The molecular formula is C17H29N3. The first kappa shape index (κ1) is 15.3. The zero-order valence-corrected chi connectivity index (χ0v) is 13.4. The summed E-state index contributed by atoms with van der Waals surface area (Å²) in [6.07, 6.45) is 4.57. The van der Waals surface area contributed by atoms with Crippen molar-refractivity contribution in [2.45, 2.75) is 47.1 Å². The van der Waals surface area contributed by atoms with E-state index in [1.807, 2.05) is 6.20 Å². The molecule has 1 N–H and O–H groups in total. The highest BCUT2D eigenvalue weighted by Gasteiger charge is 2.28. The lowest BCUT2D eigenvalue weighted by molar-refractivity contribution is 0.108. The predicted octanol–water partition coefficient (Wildman–Crippen LogP) is 3.77. The molecule has 1 aliphatic rings. The van der Waals surface area contributed by atoms with Crippen LogP contribution in [0.25, 0.3) is 0 Å². The maximum atomic E-state index is 4.34. The summed E-state index contributed by atoms with van der Waals surface area (Å²) in [7, 11) is 0. The normalized spacial score (nSPS) is 18.2. The predicted molar refractivity (Wildman–Crippen MR) is 85.9 cm³/mol. The molecular weight excluding hydrogens is 246 g/mol. The Labute approximate surface area is 123 Å². The third-order valence-electron chi connectivity index (χ3n) is 4.40. The van der Waals surface area contributed by atoms with E-state index in [0.29, 0.717) is 5.41 Å². The SMILES string of the molecule is CCNc1cc(CN2CCC(C(C)(C)C)CC2)ccn1. The summed E-state index contributed by atoms with van der Waals surface area (Å²) < 4.78 is 0. The molecule has 0 bridgehead atoms. The highest BCUT2D eigenvalue weighted by atomic mass is 15.1. The molecule has 112 valence electrons. The summed E-state index contributed by atoms with van der Waals surface area (Å²) in [5.41, 5.74) is 1.83. The van der Waals surface area contributed by atoms with Crippen LogP contribution >= 0.6 is 0 Å². The Morgan fingerprint density at radius 2 is 2.00 bits per heavy atom. The van der Waals surface area contributed by atoms with E-state index in [2.05, 4.69) is 55.0 Å². The van der Waals surface area contributed by atoms with Gasteiger partial charge in [-0.25, -0.2) is 4.98 Å². The summed E-state index contributed by atoms with van der Waals surface area (Å²) in [4.78, 5) is 6.91. The van der Waals surface area contributed by atoms with Crippen LogP contribution in [-0.2, 0) is 6.54 Å². The minimum atomic E-state index is 0.459. The molecule has 1 saturated heterocycles. The standard InChI is InChI=1S/C17H29N3/c1-5-18-16-12-14(6-9-19-16)13-20-10-7-15(8-11-20)17(2,3)4/h6,9,12,15H,5,7-8,10-11,13H2,1-4H3,(H,18,19). The van der Waals surface area contributed by atoms with E-state index in [4.69, 9.17) is 0 Å². The van der Waals surface area contributed by atoms with Crippen LogP contribution in [0.1, 0.15) is 46.1 Å². The number of pyridine rings is 1. The first-order chi connectivity index (χ1) is 9.49. The minimum absolute atomic E-state index is 0.459.